The van der Waals surface area contributed by atoms with E-state index < -0.39 is 12.0 Å². The summed E-state index contributed by atoms with van der Waals surface area (Å²) in [6, 6.07) is 7.66. The van der Waals surface area contributed by atoms with Gasteiger partial charge in [-0.05, 0) is 58.0 Å². The number of likely N-dealkylation sites (N-methyl/N-ethyl adjacent to an activating group) is 1. The minimum absolute atomic E-state index is 0.207. The Labute approximate surface area is 221 Å². The topological polar surface area (TPSA) is 142 Å². The minimum Gasteiger partial charge on any atom is -0.382 e. The molecule has 5 rings (SSSR count). The average molecular weight is 525 g/mol. The molecule has 4 heterocycles. The second-order valence-corrected chi connectivity index (χ2v) is 10.3. The van der Waals surface area contributed by atoms with E-state index in [1.54, 1.807) is 6.33 Å². The Balaban J connectivity index is 1.15. The second-order valence-electron chi connectivity index (χ2n) is 10.3. The van der Waals surface area contributed by atoms with Crippen LogP contribution >= 0.6 is 0 Å². The summed E-state index contributed by atoms with van der Waals surface area (Å²) in [6.45, 7) is 7.87. The van der Waals surface area contributed by atoms with E-state index in [-0.39, 0.29) is 24.3 Å². The average Bonchev–Trinajstić information content (AvgIpc) is 3.54. The number of nitrogens with zero attached hydrogens (tertiary/aromatic N) is 5. The van der Waals surface area contributed by atoms with Crippen molar-refractivity contribution in [3.05, 3.63) is 42.5 Å². The zero-order valence-electron chi connectivity index (χ0n) is 22.3. The maximum absolute atomic E-state index is 12.3. The number of carbonyl (C=O) groups is 1. The van der Waals surface area contributed by atoms with E-state index in [1.165, 1.54) is 11.9 Å². The highest BCUT2D eigenvalue weighted by molar-refractivity contribution is 5.89. The number of aryl methyl sites for hydroxylation is 1. The van der Waals surface area contributed by atoms with Gasteiger partial charge >= 0.3 is 6.03 Å². The molecular formula is C26H36N8O4. The van der Waals surface area contributed by atoms with Gasteiger partial charge in [0.15, 0.2) is 23.5 Å². The van der Waals surface area contributed by atoms with Crippen molar-refractivity contribution in [1.29, 1.82) is 0 Å². The number of anilines is 2. The summed E-state index contributed by atoms with van der Waals surface area (Å²) in [4.78, 5) is 27.2. The number of imidazole rings is 1. The Morgan fingerprint density at radius 3 is 2.84 bits per heavy atom. The van der Waals surface area contributed by atoms with Crippen LogP contribution in [0.5, 0.6) is 0 Å². The first-order chi connectivity index (χ1) is 18.2. The van der Waals surface area contributed by atoms with Gasteiger partial charge in [-0.2, -0.15) is 0 Å². The van der Waals surface area contributed by atoms with E-state index in [1.807, 2.05) is 49.7 Å². The Hall–Kier alpha value is -3.32. The van der Waals surface area contributed by atoms with Gasteiger partial charge in [0.25, 0.3) is 0 Å². The van der Waals surface area contributed by atoms with Gasteiger partial charge in [-0.3, -0.25) is 4.57 Å². The van der Waals surface area contributed by atoms with Crippen LogP contribution in [-0.2, 0) is 20.6 Å². The third kappa shape index (κ3) is 5.58. The molecule has 12 heteroatoms. The molecule has 0 unspecified atom stereocenters. The lowest BCUT2D eigenvalue weighted by Gasteiger charge is -2.27. The third-order valence-electron chi connectivity index (χ3n) is 6.87. The van der Waals surface area contributed by atoms with Crippen molar-refractivity contribution >= 4 is 28.7 Å². The number of nitrogens with two attached hydrogens (primary N) is 1. The molecule has 1 aromatic carbocycles. The van der Waals surface area contributed by atoms with Gasteiger partial charge in [-0.1, -0.05) is 19.1 Å². The van der Waals surface area contributed by atoms with Crippen LogP contribution in [0.15, 0.2) is 36.9 Å². The van der Waals surface area contributed by atoms with Crippen LogP contribution in [0.4, 0.5) is 16.3 Å². The molecule has 12 nitrogen and oxygen atoms in total. The number of urea groups is 1. The minimum atomic E-state index is -0.730. The van der Waals surface area contributed by atoms with Gasteiger partial charge < -0.3 is 35.5 Å². The van der Waals surface area contributed by atoms with Crippen LogP contribution in [0.3, 0.4) is 0 Å². The fraction of sp³-hybridized carbons (Fsp3) is 0.538. The summed E-state index contributed by atoms with van der Waals surface area (Å²) in [5.74, 6) is -0.410. The Kier molecular flexibility index (Phi) is 7.48. The van der Waals surface area contributed by atoms with Gasteiger partial charge in [0.05, 0.1) is 6.33 Å². The zero-order valence-corrected chi connectivity index (χ0v) is 22.3. The number of rotatable bonds is 9. The van der Waals surface area contributed by atoms with Crippen LogP contribution in [-0.4, -0.2) is 81.2 Å². The van der Waals surface area contributed by atoms with E-state index in [4.69, 9.17) is 19.9 Å². The maximum Gasteiger partial charge on any atom is 0.319 e. The lowest BCUT2D eigenvalue weighted by atomic mass is 10.1. The Bertz CT molecular complexity index is 1280. The number of ether oxygens (including phenoxy) is 3. The zero-order chi connectivity index (χ0) is 26.9. The smallest absolute Gasteiger partial charge is 0.319 e. The van der Waals surface area contributed by atoms with Crippen molar-refractivity contribution < 1.29 is 19.0 Å². The normalized spacial score (nSPS) is 24.1. The van der Waals surface area contributed by atoms with Crippen LogP contribution in [0.2, 0.25) is 0 Å². The van der Waals surface area contributed by atoms with Gasteiger partial charge in [0, 0.05) is 18.8 Å². The van der Waals surface area contributed by atoms with Gasteiger partial charge in [-0.25, -0.2) is 19.7 Å². The summed E-state index contributed by atoms with van der Waals surface area (Å²) in [5, 5.41) is 5.82. The van der Waals surface area contributed by atoms with Gasteiger partial charge in [0.1, 0.15) is 30.2 Å². The highest BCUT2D eigenvalue weighted by Crippen LogP contribution is 2.44. The Morgan fingerprint density at radius 2 is 2.03 bits per heavy atom. The molecule has 204 valence electrons. The summed E-state index contributed by atoms with van der Waals surface area (Å²) < 4.78 is 20.8. The van der Waals surface area contributed by atoms with Crippen LogP contribution in [0, 0.1) is 0 Å². The van der Waals surface area contributed by atoms with Crippen LogP contribution < -0.4 is 16.4 Å². The van der Waals surface area contributed by atoms with Gasteiger partial charge in [-0.15, -0.1) is 0 Å². The molecule has 0 saturated carbocycles. The largest absolute Gasteiger partial charge is 0.382 e. The number of benzene rings is 1. The molecule has 3 aromatic rings. The second kappa shape index (κ2) is 10.8. The molecule has 0 aliphatic carbocycles. The highest BCUT2D eigenvalue weighted by atomic mass is 16.8. The molecule has 38 heavy (non-hydrogen) atoms. The monoisotopic (exact) mass is 524 g/mol. The third-order valence-corrected chi connectivity index (χ3v) is 6.87. The molecule has 2 aliphatic rings. The van der Waals surface area contributed by atoms with E-state index >= 15 is 0 Å². The Morgan fingerprint density at radius 1 is 1.21 bits per heavy atom. The van der Waals surface area contributed by atoms with E-state index in [0.29, 0.717) is 30.1 Å². The first-order valence-corrected chi connectivity index (χ1v) is 13.0. The molecule has 4 atom stereocenters. The molecule has 2 aromatic heterocycles. The quantitative estimate of drug-likeness (QED) is 0.360. The molecule has 0 spiro atoms. The first kappa shape index (κ1) is 26.3. The fourth-order valence-corrected chi connectivity index (χ4v) is 5.08. The van der Waals surface area contributed by atoms with Crippen LogP contribution in [0.1, 0.15) is 39.0 Å². The van der Waals surface area contributed by atoms with Crippen molar-refractivity contribution in [2.75, 3.05) is 37.7 Å². The van der Waals surface area contributed by atoms with Crippen molar-refractivity contribution in [3.63, 3.8) is 0 Å². The number of hydrogen-bond donors (Lipinski definition) is 3. The maximum atomic E-state index is 12.3. The number of nitrogens with one attached hydrogen (secondary N) is 2. The lowest BCUT2D eigenvalue weighted by molar-refractivity contribution is -0.197. The first-order valence-electron chi connectivity index (χ1n) is 13.0. The van der Waals surface area contributed by atoms with Gasteiger partial charge in [0.2, 0.25) is 0 Å². The number of hydrogen-bond acceptors (Lipinski definition) is 9. The van der Waals surface area contributed by atoms with Crippen LogP contribution in [0.25, 0.3) is 11.2 Å². The molecular weight excluding hydrogens is 488 g/mol. The van der Waals surface area contributed by atoms with Crippen molar-refractivity contribution in [2.24, 2.45) is 0 Å². The predicted octanol–water partition coefficient (Wildman–Crippen LogP) is 2.53. The molecule has 0 bridgehead atoms. The van der Waals surface area contributed by atoms with E-state index in [9.17, 15) is 4.79 Å². The molecule has 2 saturated heterocycles. The number of nitrogen functional groups attached to an aromatic ring is 1. The van der Waals surface area contributed by atoms with Crippen molar-refractivity contribution in [2.45, 2.75) is 63.9 Å². The predicted molar refractivity (Wildman–Crippen MR) is 142 cm³/mol. The number of amides is 2. The number of fused-ring (bicyclic) bond motifs is 2. The molecule has 2 fully saturated rings. The fourth-order valence-electron chi connectivity index (χ4n) is 5.08. The summed E-state index contributed by atoms with van der Waals surface area (Å²) in [7, 11) is 2.03. The molecule has 2 amide bonds. The van der Waals surface area contributed by atoms with E-state index in [0.717, 1.165) is 25.1 Å². The SMILES string of the molecule is CCc1cccc(NC(=O)NCCCN(C)C[C@H]2O[C@@H](n3cnc4c(N)ncnc43)[C@@H]3OC(C)(C)O[C@@H]32)c1. The highest BCUT2D eigenvalue weighted by Gasteiger charge is 2.56. The summed E-state index contributed by atoms with van der Waals surface area (Å²) in [6.07, 6.45) is 3.52. The summed E-state index contributed by atoms with van der Waals surface area (Å²) in [5.41, 5.74) is 9.07. The van der Waals surface area contributed by atoms with Crippen molar-refractivity contribution in [1.82, 2.24) is 29.7 Å². The number of aromatic nitrogens is 4. The molecule has 4 N–H and O–H groups in total. The number of carbonyl (C=O) groups excluding carboxylic acids is 1. The summed E-state index contributed by atoms with van der Waals surface area (Å²) >= 11 is 0. The van der Waals surface area contributed by atoms with Crippen molar-refractivity contribution in [3.8, 4) is 0 Å². The molecule has 2 aliphatic heterocycles. The van der Waals surface area contributed by atoms with E-state index in [2.05, 4.69) is 37.4 Å². The molecule has 0 radical (unpaired) electrons. The standard InChI is InChI=1S/C26H36N8O4/c1-5-16-8-6-9-17(12-16)32-25(35)28-10-7-11-33(4)13-18-20-21(38-26(2,3)37-20)24(36-18)34-15-31-19-22(27)29-14-30-23(19)34/h6,8-9,12,14-15,18,20-21,24H,5,7,10-11,13H2,1-4H3,(H2,27,29,30)(H2,28,32,35)/t18-,20-,21-,24-/m1/s1. The lowest BCUT2D eigenvalue weighted by Crippen LogP contribution is -2.39.